The lowest BCUT2D eigenvalue weighted by atomic mass is 10.1. The second-order valence-corrected chi connectivity index (χ2v) is 19.3. The van der Waals surface area contributed by atoms with Gasteiger partial charge in [0.25, 0.3) is 0 Å². The van der Waals surface area contributed by atoms with Crippen LogP contribution in [0, 0.1) is 55.4 Å². The minimum Gasteiger partial charge on any atom is -0.493 e. The maximum atomic E-state index is 5.43. The molecular formula is C62H67N7O4S. The fourth-order valence-electron chi connectivity index (χ4n) is 9.03. The third-order valence-electron chi connectivity index (χ3n) is 13.2. The predicted octanol–water partition coefficient (Wildman–Crippen LogP) is 14.7. The van der Waals surface area contributed by atoms with E-state index in [-0.39, 0.29) is 0 Å². The van der Waals surface area contributed by atoms with E-state index >= 15 is 0 Å². The molecule has 0 fully saturated rings. The molecule has 11 nitrogen and oxygen atoms in total. The molecule has 14 rings (SSSR count). The number of thiazole rings is 1. The molecule has 8 heterocycles. The Morgan fingerprint density at radius 2 is 1.09 bits per heavy atom. The van der Waals surface area contributed by atoms with Crippen molar-refractivity contribution in [2.24, 2.45) is 21.1 Å². The second-order valence-electron chi connectivity index (χ2n) is 18.5. The number of imidazole rings is 1. The number of hydrogen-bond acceptors (Lipinski definition) is 8. The number of aryl methyl sites for hydroxylation is 11. The lowest BCUT2D eigenvalue weighted by Gasteiger charge is -2.19. The molecule has 0 atom stereocenters. The van der Waals surface area contributed by atoms with Crippen molar-refractivity contribution in [3.63, 3.8) is 0 Å². The van der Waals surface area contributed by atoms with E-state index in [1.165, 1.54) is 60.7 Å². The molecule has 12 aromatic rings. The summed E-state index contributed by atoms with van der Waals surface area (Å²) in [4.78, 5) is 5.45. The Morgan fingerprint density at radius 3 is 1.80 bits per heavy atom. The molecule has 12 heteroatoms. The van der Waals surface area contributed by atoms with E-state index in [4.69, 9.17) is 18.7 Å². The van der Waals surface area contributed by atoms with Crippen molar-refractivity contribution in [2.75, 3.05) is 19.8 Å². The molecule has 6 aromatic carbocycles. The van der Waals surface area contributed by atoms with E-state index in [1.54, 1.807) is 11.3 Å². The molecule has 6 aromatic heterocycles. The largest absolute Gasteiger partial charge is 0.493 e. The van der Waals surface area contributed by atoms with Crippen molar-refractivity contribution in [2.45, 2.75) is 61.8 Å². The zero-order valence-electron chi connectivity index (χ0n) is 44.5. The smallest absolute Gasteiger partial charge is 0.194 e. The Bertz CT molecular complexity index is 3610. The van der Waals surface area contributed by atoms with Gasteiger partial charge in [0.15, 0.2) is 22.0 Å². The number of hydrogen-bond donors (Lipinski definition) is 0. The number of nitrogens with zero attached hydrogens (tertiary/aromatic N) is 7. The normalized spacial score (nSPS) is 11.8. The zero-order chi connectivity index (χ0) is 52.3. The standard InChI is InChI=1S/2C10H11N.C9H10N2.C9H10O2.C9H10O.C8H7NO.C7H8N2S/c1-8-4-3-5-10-9(8)6-7-11(10)2;1-8-7-11(2)10-6-4-3-5-9(8)10;1-7-8-5-3-4-6-9(8)11(2)10-7;1-7-3-2-4-8-9(7)11-6-5-10-8;1-7-3-2-4-9-8(7)5-6-10-9;1-6-7-4-2-3-5-8(7)10-9-6;1-5-6(2)9-3-4-10-7(9)8-5/h2*3-7H,1-2H3;3-6H,1-2H3;2-4H,5-6H2,1H3;2-4H,5-6H2,1H3;2-5H,1H3;3-4H,1-2H3. The third-order valence-corrected chi connectivity index (χ3v) is 14.0. The van der Waals surface area contributed by atoms with Crippen LogP contribution < -0.4 is 14.2 Å². The van der Waals surface area contributed by atoms with Gasteiger partial charge in [-0.25, -0.2) is 4.98 Å². The fraction of sp³-hybridized carbons (Fsp3) is 0.242. The van der Waals surface area contributed by atoms with E-state index in [0.717, 1.165) is 68.9 Å². The van der Waals surface area contributed by atoms with Gasteiger partial charge < -0.3 is 27.9 Å². The maximum Gasteiger partial charge on any atom is 0.194 e. The van der Waals surface area contributed by atoms with Crippen LogP contribution in [-0.2, 0) is 27.6 Å². The highest BCUT2D eigenvalue weighted by atomic mass is 32.1. The molecule has 0 unspecified atom stereocenters. The van der Waals surface area contributed by atoms with Gasteiger partial charge in [0.05, 0.1) is 29.2 Å². The Labute approximate surface area is 438 Å². The summed E-state index contributed by atoms with van der Waals surface area (Å²) in [5.74, 6) is 2.86. The Balaban J connectivity index is 0.000000115. The zero-order valence-corrected chi connectivity index (χ0v) is 45.3. The van der Waals surface area contributed by atoms with Gasteiger partial charge in [0.2, 0.25) is 0 Å². The first-order chi connectivity index (χ1) is 35.8. The first-order valence-corrected chi connectivity index (χ1v) is 25.8. The SMILES string of the molecule is Cc1cccc2c1CCO2.Cc1cccc2c1OCCO2.Cc1cccc2c1ccn2C.Cc1cn(C)c2ccccc12.Cc1nc2sccn2c1C.Cc1nn(C)c2ccccc12.Cc1noc2ccccc12. The molecule has 0 bridgehead atoms. The summed E-state index contributed by atoms with van der Waals surface area (Å²) in [7, 11) is 6.12. The summed E-state index contributed by atoms with van der Waals surface area (Å²) >= 11 is 1.67. The highest BCUT2D eigenvalue weighted by Gasteiger charge is 2.13. The third kappa shape index (κ3) is 12.2. The van der Waals surface area contributed by atoms with Gasteiger partial charge in [0.1, 0.15) is 19.0 Å². The first kappa shape index (κ1) is 52.2. The van der Waals surface area contributed by atoms with Gasteiger partial charge in [-0.2, -0.15) is 5.10 Å². The number of ether oxygens (including phenoxy) is 3. The van der Waals surface area contributed by atoms with E-state index < -0.39 is 0 Å². The average molecular weight is 1010 g/mol. The second kappa shape index (κ2) is 24.1. The molecule has 2 aliphatic rings. The van der Waals surface area contributed by atoms with Crippen molar-refractivity contribution >= 4 is 60.0 Å². The number of rotatable bonds is 0. The summed E-state index contributed by atoms with van der Waals surface area (Å²) in [6.07, 6.45) is 7.39. The monoisotopic (exact) mass is 1010 g/mol. The molecule has 74 heavy (non-hydrogen) atoms. The van der Waals surface area contributed by atoms with Crippen LogP contribution in [-0.4, -0.2) is 53.3 Å². The molecular weight excluding hydrogens is 939 g/mol. The van der Waals surface area contributed by atoms with E-state index in [9.17, 15) is 0 Å². The quantitative estimate of drug-likeness (QED) is 0.149. The Hall–Kier alpha value is -8.09. The van der Waals surface area contributed by atoms with Crippen molar-refractivity contribution in [3.8, 4) is 17.2 Å². The van der Waals surface area contributed by atoms with Crippen LogP contribution in [0.15, 0.2) is 162 Å². The molecule has 380 valence electrons. The first-order valence-electron chi connectivity index (χ1n) is 24.9. The lowest BCUT2D eigenvalue weighted by molar-refractivity contribution is 0.170. The molecule has 0 radical (unpaired) electrons. The van der Waals surface area contributed by atoms with Crippen LogP contribution in [0.1, 0.15) is 50.6 Å². The predicted molar refractivity (Wildman–Crippen MR) is 305 cm³/mol. The minimum absolute atomic E-state index is 0.663. The molecule has 0 spiro atoms. The van der Waals surface area contributed by atoms with Crippen molar-refractivity contribution in [3.05, 3.63) is 208 Å². The fourth-order valence-corrected chi connectivity index (χ4v) is 9.83. The summed E-state index contributed by atoms with van der Waals surface area (Å²) in [5, 5.41) is 15.2. The Kier molecular flexibility index (Phi) is 17.0. The van der Waals surface area contributed by atoms with Crippen molar-refractivity contribution < 1.29 is 18.7 Å². The summed E-state index contributed by atoms with van der Waals surface area (Å²) in [5.41, 5.74) is 15.7. The molecule has 0 N–H and O–H groups in total. The highest BCUT2D eigenvalue weighted by Crippen LogP contribution is 2.33. The molecule has 0 saturated heterocycles. The van der Waals surface area contributed by atoms with Gasteiger partial charge >= 0.3 is 0 Å². The number of para-hydroxylation sites is 4. The van der Waals surface area contributed by atoms with E-state index in [2.05, 4.69) is 161 Å². The summed E-state index contributed by atoms with van der Waals surface area (Å²) in [6.45, 7) is 18.7. The van der Waals surface area contributed by atoms with Gasteiger partial charge in [-0.15, -0.1) is 11.3 Å². The number of benzene rings is 6. The number of fused-ring (bicyclic) bond motifs is 7. The van der Waals surface area contributed by atoms with E-state index in [0.29, 0.717) is 13.2 Å². The van der Waals surface area contributed by atoms with Crippen LogP contribution >= 0.6 is 11.3 Å². The summed E-state index contributed by atoms with van der Waals surface area (Å²) in [6, 6.07) is 45.2. The minimum atomic E-state index is 0.663. The molecule has 0 aliphatic carbocycles. The van der Waals surface area contributed by atoms with Gasteiger partial charge in [-0.05, 0) is 126 Å². The van der Waals surface area contributed by atoms with Crippen LogP contribution in [0.3, 0.4) is 0 Å². The van der Waals surface area contributed by atoms with Crippen molar-refractivity contribution in [1.29, 1.82) is 0 Å². The summed E-state index contributed by atoms with van der Waals surface area (Å²) < 4.78 is 29.5. The van der Waals surface area contributed by atoms with Crippen LogP contribution in [0.25, 0.3) is 48.6 Å². The maximum absolute atomic E-state index is 5.43. The van der Waals surface area contributed by atoms with Gasteiger partial charge in [-0.3, -0.25) is 9.08 Å². The van der Waals surface area contributed by atoms with Crippen LogP contribution in [0.4, 0.5) is 0 Å². The highest BCUT2D eigenvalue weighted by molar-refractivity contribution is 7.15. The van der Waals surface area contributed by atoms with E-state index in [1.807, 2.05) is 106 Å². The van der Waals surface area contributed by atoms with Crippen LogP contribution in [0.5, 0.6) is 17.2 Å². The van der Waals surface area contributed by atoms with Gasteiger partial charge in [0, 0.05) is 95.4 Å². The Morgan fingerprint density at radius 1 is 0.486 bits per heavy atom. The lowest BCUT2D eigenvalue weighted by Crippen LogP contribution is -2.15. The van der Waals surface area contributed by atoms with Gasteiger partial charge in [-0.1, -0.05) is 90.1 Å². The van der Waals surface area contributed by atoms with Crippen molar-refractivity contribution in [1.82, 2.24) is 33.5 Å². The van der Waals surface area contributed by atoms with Crippen LogP contribution in [0.2, 0.25) is 0 Å². The average Bonchev–Trinajstić information content (AvgIpc) is 4.32. The molecule has 0 saturated carbocycles. The number of aromatic nitrogens is 7. The topological polar surface area (TPSA) is 98.7 Å². The molecule has 0 amide bonds. The molecule has 2 aliphatic heterocycles.